The number of piperidine rings is 1. The Morgan fingerprint density at radius 3 is 2.54 bits per heavy atom. The van der Waals surface area contributed by atoms with Crippen molar-refractivity contribution in [3.63, 3.8) is 0 Å². The van der Waals surface area contributed by atoms with E-state index in [0.29, 0.717) is 38.1 Å². The molecule has 0 radical (unpaired) electrons. The van der Waals surface area contributed by atoms with Gasteiger partial charge in [-0.3, -0.25) is 9.59 Å². The highest BCUT2D eigenvalue weighted by atomic mass is 35.5. The number of amides is 1. The highest BCUT2D eigenvalue weighted by Crippen LogP contribution is 2.31. The molecule has 1 unspecified atom stereocenters. The van der Waals surface area contributed by atoms with Crippen molar-refractivity contribution in [2.45, 2.75) is 37.1 Å². The minimum atomic E-state index is -4.21. The standard InChI is InChI=1S/C24H27Cl2N5O5S/c1-2-36-24(33)15-5-7-31(8-6-15)23(32)21(10-14-3-4-19-20(9-14)29-13-28-19)30-37(34,35)16-11-17(25)22(27)18(26)12-16/h3-4,9,11-13,15,21,30H,2,5-8,10,27H2,1H3,(H,28,29). The largest absolute Gasteiger partial charge is 0.466 e. The highest BCUT2D eigenvalue weighted by molar-refractivity contribution is 7.89. The van der Waals surface area contributed by atoms with Crippen LogP contribution >= 0.6 is 23.2 Å². The Bertz CT molecular complexity index is 1400. The molecule has 37 heavy (non-hydrogen) atoms. The van der Waals surface area contributed by atoms with E-state index in [9.17, 15) is 18.0 Å². The minimum Gasteiger partial charge on any atom is -0.466 e. The number of imidazole rings is 1. The first-order chi connectivity index (χ1) is 17.6. The number of rotatable bonds is 8. The maximum atomic E-state index is 13.6. The van der Waals surface area contributed by atoms with Gasteiger partial charge >= 0.3 is 5.97 Å². The summed E-state index contributed by atoms with van der Waals surface area (Å²) in [7, 11) is -4.21. The Balaban J connectivity index is 1.59. The number of sulfonamides is 1. The first-order valence-corrected chi connectivity index (χ1v) is 14.0. The van der Waals surface area contributed by atoms with Gasteiger partial charge in [0, 0.05) is 13.1 Å². The van der Waals surface area contributed by atoms with Crippen molar-refractivity contribution in [1.82, 2.24) is 19.6 Å². The molecule has 0 aliphatic carbocycles. The summed E-state index contributed by atoms with van der Waals surface area (Å²) in [6.07, 6.45) is 2.51. The molecule has 10 nitrogen and oxygen atoms in total. The van der Waals surface area contributed by atoms with Crippen LogP contribution in [0, 0.1) is 5.92 Å². The number of carbonyl (C=O) groups is 2. The molecule has 1 aliphatic rings. The van der Waals surface area contributed by atoms with Gasteiger partial charge in [0.1, 0.15) is 6.04 Å². The Morgan fingerprint density at radius 2 is 1.89 bits per heavy atom. The van der Waals surface area contributed by atoms with Crippen molar-refractivity contribution in [3.05, 3.63) is 52.3 Å². The average molecular weight is 568 g/mol. The number of hydrogen-bond acceptors (Lipinski definition) is 7. The Kier molecular flexibility index (Phi) is 8.27. The van der Waals surface area contributed by atoms with Crippen LogP contribution in [-0.4, -0.2) is 60.9 Å². The number of likely N-dealkylation sites (tertiary alicyclic amines) is 1. The average Bonchev–Trinajstić information content (AvgIpc) is 3.34. The summed E-state index contributed by atoms with van der Waals surface area (Å²) < 4.78 is 34.2. The quantitative estimate of drug-likeness (QED) is 0.279. The maximum absolute atomic E-state index is 13.6. The maximum Gasteiger partial charge on any atom is 0.309 e. The number of aromatic amines is 1. The Labute approximate surface area is 224 Å². The molecule has 0 saturated carbocycles. The van der Waals surface area contributed by atoms with Crippen LogP contribution in [-0.2, 0) is 30.8 Å². The van der Waals surface area contributed by atoms with Crippen LogP contribution in [0.4, 0.5) is 5.69 Å². The summed E-state index contributed by atoms with van der Waals surface area (Å²) in [5, 5.41) is -0.0263. The molecule has 4 N–H and O–H groups in total. The third-order valence-corrected chi connectivity index (χ3v) is 8.39. The predicted octanol–water partition coefficient (Wildman–Crippen LogP) is 3.14. The summed E-state index contributed by atoms with van der Waals surface area (Å²) >= 11 is 12.1. The van der Waals surface area contributed by atoms with E-state index in [1.807, 2.05) is 6.07 Å². The second-order valence-electron chi connectivity index (χ2n) is 8.78. The van der Waals surface area contributed by atoms with Crippen molar-refractivity contribution < 1.29 is 22.7 Å². The molecule has 2 heterocycles. The summed E-state index contributed by atoms with van der Waals surface area (Å²) in [6.45, 7) is 2.65. The molecular formula is C24H27Cl2N5O5S. The third-order valence-electron chi connectivity index (χ3n) is 6.31. The number of anilines is 1. The molecule has 0 spiro atoms. The van der Waals surface area contributed by atoms with Crippen molar-refractivity contribution >= 4 is 61.8 Å². The fourth-order valence-electron chi connectivity index (χ4n) is 4.31. The number of carbonyl (C=O) groups excluding carboxylic acids is 2. The lowest BCUT2D eigenvalue weighted by Gasteiger charge is -2.33. The molecule has 2 aromatic carbocycles. The highest BCUT2D eigenvalue weighted by Gasteiger charge is 2.34. The van der Waals surface area contributed by atoms with Crippen LogP contribution in [0.1, 0.15) is 25.3 Å². The Morgan fingerprint density at radius 1 is 1.22 bits per heavy atom. The minimum absolute atomic E-state index is 0.0132. The van der Waals surface area contributed by atoms with E-state index in [2.05, 4.69) is 14.7 Å². The zero-order chi connectivity index (χ0) is 26.7. The van der Waals surface area contributed by atoms with Gasteiger partial charge in [0.2, 0.25) is 15.9 Å². The molecule has 0 bridgehead atoms. The SMILES string of the molecule is CCOC(=O)C1CCN(C(=O)C(Cc2ccc3[nH]cnc3c2)NS(=O)(=O)c2cc(Cl)c(N)c(Cl)c2)CC1. The molecule has 3 aromatic rings. The van der Waals surface area contributed by atoms with Crippen molar-refractivity contribution in [3.8, 4) is 0 Å². The molecule has 198 valence electrons. The monoisotopic (exact) mass is 567 g/mol. The zero-order valence-electron chi connectivity index (χ0n) is 20.0. The Hall–Kier alpha value is -2.86. The number of benzene rings is 2. The number of fused-ring (bicyclic) bond motifs is 1. The second-order valence-corrected chi connectivity index (χ2v) is 11.3. The van der Waals surface area contributed by atoms with Crippen LogP contribution in [0.2, 0.25) is 10.0 Å². The van der Waals surface area contributed by atoms with Crippen LogP contribution in [0.25, 0.3) is 11.0 Å². The number of ether oxygens (including phenoxy) is 1. The molecule has 4 rings (SSSR count). The van der Waals surface area contributed by atoms with Crippen LogP contribution in [0.3, 0.4) is 0 Å². The number of aromatic nitrogens is 2. The first-order valence-electron chi connectivity index (χ1n) is 11.7. The van der Waals surface area contributed by atoms with E-state index in [0.717, 1.165) is 11.1 Å². The van der Waals surface area contributed by atoms with Gasteiger partial charge in [-0.05, 0) is 56.0 Å². The zero-order valence-corrected chi connectivity index (χ0v) is 22.4. The lowest BCUT2D eigenvalue weighted by atomic mass is 9.96. The lowest BCUT2D eigenvalue weighted by Crippen LogP contribution is -2.52. The molecule has 1 saturated heterocycles. The first kappa shape index (κ1) is 27.2. The van der Waals surface area contributed by atoms with E-state index in [1.165, 1.54) is 12.1 Å². The van der Waals surface area contributed by atoms with Gasteiger partial charge in [-0.25, -0.2) is 13.4 Å². The summed E-state index contributed by atoms with van der Waals surface area (Å²) in [5.41, 5.74) is 8.04. The van der Waals surface area contributed by atoms with E-state index >= 15 is 0 Å². The number of nitrogens with two attached hydrogens (primary N) is 1. The molecule has 1 fully saturated rings. The van der Waals surface area contributed by atoms with Gasteiger partial charge in [-0.2, -0.15) is 4.72 Å². The van der Waals surface area contributed by atoms with Crippen LogP contribution in [0.5, 0.6) is 0 Å². The smallest absolute Gasteiger partial charge is 0.309 e. The third kappa shape index (κ3) is 6.18. The van der Waals surface area contributed by atoms with E-state index in [4.69, 9.17) is 33.7 Å². The lowest BCUT2D eigenvalue weighted by molar-refractivity contribution is -0.151. The van der Waals surface area contributed by atoms with Gasteiger partial charge < -0.3 is 20.4 Å². The molecule has 1 atom stereocenters. The van der Waals surface area contributed by atoms with Gasteiger partial charge in [0.25, 0.3) is 0 Å². The van der Waals surface area contributed by atoms with Crippen LogP contribution in [0.15, 0.2) is 41.6 Å². The number of halogens is 2. The van der Waals surface area contributed by atoms with Gasteiger partial charge in [-0.1, -0.05) is 29.3 Å². The number of nitrogens with zero attached hydrogens (tertiary/aromatic N) is 2. The molecule has 1 aliphatic heterocycles. The van der Waals surface area contributed by atoms with E-state index in [1.54, 1.807) is 30.3 Å². The number of hydrogen-bond donors (Lipinski definition) is 3. The number of nitrogen functional groups attached to an aromatic ring is 1. The summed E-state index contributed by atoms with van der Waals surface area (Å²) in [5.74, 6) is -0.975. The number of H-pyrrole nitrogens is 1. The second kappa shape index (κ2) is 11.3. The van der Waals surface area contributed by atoms with Crippen LogP contribution < -0.4 is 10.5 Å². The topological polar surface area (TPSA) is 147 Å². The van der Waals surface area contributed by atoms with Gasteiger partial charge in [0.05, 0.1) is 50.5 Å². The predicted molar refractivity (Wildman–Crippen MR) is 141 cm³/mol. The van der Waals surface area contributed by atoms with E-state index < -0.39 is 22.0 Å². The fourth-order valence-corrected chi connectivity index (χ4v) is 6.16. The summed E-state index contributed by atoms with van der Waals surface area (Å²) in [4.78, 5) is 34.3. The van der Waals surface area contributed by atoms with Gasteiger partial charge in [0.15, 0.2) is 0 Å². The number of nitrogens with one attached hydrogen (secondary N) is 2. The van der Waals surface area contributed by atoms with E-state index in [-0.39, 0.29) is 38.9 Å². The fraction of sp³-hybridized carbons (Fsp3) is 0.375. The molecule has 13 heteroatoms. The summed E-state index contributed by atoms with van der Waals surface area (Å²) in [6, 6.07) is 6.66. The molecule has 1 aromatic heterocycles. The molecular weight excluding hydrogens is 541 g/mol. The van der Waals surface area contributed by atoms with Crippen molar-refractivity contribution in [2.75, 3.05) is 25.4 Å². The van der Waals surface area contributed by atoms with Crippen molar-refractivity contribution in [1.29, 1.82) is 0 Å². The van der Waals surface area contributed by atoms with Gasteiger partial charge in [-0.15, -0.1) is 0 Å². The normalized spacial score (nSPS) is 15.6. The van der Waals surface area contributed by atoms with Crippen molar-refractivity contribution in [2.24, 2.45) is 5.92 Å². The molecule has 1 amide bonds. The number of esters is 1.